The van der Waals surface area contributed by atoms with Crippen LogP contribution in [0.5, 0.6) is 0 Å². The minimum Gasteiger partial charge on any atom is -0.358 e. The number of ether oxygens (including phenoxy) is 1. The molecule has 1 saturated carbocycles. The van der Waals surface area contributed by atoms with E-state index in [0.717, 1.165) is 25.5 Å². The Bertz CT molecular complexity index is 527. The molecule has 0 N–H and O–H groups in total. The van der Waals surface area contributed by atoms with Gasteiger partial charge in [0.25, 0.3) is 0 Å². The second kappa shape index (κ2) is 6.25. The van der Waals surface area contributed by atoms with E-state index in [9.17, 15) is 0 Å². The molecule has 2 aliphatic heterocycles. The number of aromatic nitrogens is 1. The third kappa shape index (κ3) is 2.67. The third-order valence-electron chi connectivity index (χ3n) is 5.23. The van der Waals surface area contributed by atoms with Gasteiger partial charge in [-0.2, -0.15) is 0 Å². The average Bonchev–Trinajstić information content (AvgIpc) is 2.95. The molecular weight excluding hydrogens is 298 g/mol. The summed E-state index contributed by atoms with van der Waals surface area (Å²) in [5.41, 5.74) is 1.24. The topological polar surface area (TPSA) is 28.6 Å². The van der Waals surface area contributed by atoms with E-state index in [-0.39, 0.29) is 6.23 Å². The molecule has 0 spiro atoms. The highest BCUT2D eigenvalue weighted by molar-refractivity contribution is 6.29. The van der Waals surface area contributed by atoms with E-state index in [4.69, 9.17) is 16.3 Å². The lowest BCUT2D eigenvalue weighted by atomic mass is 9.94. The molecule has 0 bridgehead atoms. The van der Waals surface area contributed by atoms with Gasteiger partial charge in [0.15, 0.2) is 5.82 Å². The molecule has 0 aromatic carbocycles. The summed E-state index contributed by atoms with van der Waals surface area (Å²) in [5, 5.41) is 0.574. The van der Waals surface area contributed by atoms with Crippen molar-refractivity contribution in [2.24, 2.45) is 0 Å². The fourth-order valence-corrected chi connectivity index (χ4v) is 4.21. The summed E-state index contributed by atoms with van der Waals surface area (Å²) in [6.45, 7) is 1.76. The molecule has 0 radical (unpaired) electrons. The van der Waals surface area contributed by atoms with Crippen LogP contribution in [0.2, 0.25) is 5.15 Å². The zero-order valence-corrected chi connectivity index (χ0v) is 13.8. The molecule has 1 aliphatic carbocycles. The van der Waals surface area contributed by atoms with E-state index in [2.05, 4.69) is 20.9 Å². The van der Waals surface area contributed by atoms with Gasteiger partial charge in [-0.05, 0) is 44.2 Å². The first-order valence-electron chi connectivity index (χ1n) is 8.64. The fraction of sp³-hybridized carbons (Fsp3) is 0.706. The van der Waals surface area contributed by atoms with E-state index in [1.807, 2.05) is 6.07 Å². The lowest BCUT2D eigenvalue weighted by Crippen LogP contribution is -2.45. The molecule has 5 heteroatoms. The normalized spacial score (nSPS) is 26.3. The second-order valence-corrected chi connectivity index (χ2v) is 7.06. The maximum atomic E-state index is 6.16. The molecule has 1 atom stereocenters. The molecule has 1 unspecified atom stereocenters. The van der Waals surface area contributed by atoms with Crippen LogP contribution in [0.15, 0.2) is 12.1 Å². The SMILES string of the molecule is Clc1ccc2c(n1)N(C1CCCCO1)CN2C1CCCCC1. The number of halogens is 1. The lowest BCUT2D eigenvalue weighted by Gasteiger charge is -2.35. The molecule has 120 valence electrons. The van der Waals surface area contributed by atoms with Crippen molar-refractivity contribution in [3.8, 4) is 0 Å². The molecule has 1 aromatic heterocycles. The van der Waals surface area contributed by atoms with Crippen molar-refractivity contribution in [2.45, 2.75) is 63.6 Å². The predicted octanol–water partition coefficient (Wildman–Crippen LogP) is 4.18. The molecule has 0 amide bonds. The third-order valence-corrected chi connectivity index (χ3v) is 5.44. The fourth-order valence-electron chi connectivity index (χ4n) is 4.06. The Balaban J connectivity index is 1.63. The molecule has 22 heavy (non-hydrogen) atoms. The van der Waals surface area contributed by atoms with E-state index in [1.165, 1.54) is 50.6 Å². The summed E-state index contributed by atoms with van der Waals surface area (Å²) in [4.78, 5) is 9.49. The molecule has 1 saturated heterocycles. The highest BCUT2D eigenvalue weighted by Gasteiger charge is 2.37. The summed E-state index contributed by atoms with van der Waals surface area (Å²) < 4.78 is 6.01. The number of fused-ring (bicyclic) bond motifs is 1. The van der Waals surface area contributed by atoms with E-state index >= 15 is 0 Å². The maximum Gasteiger partial charge on any atom is 0.157 e. The molecule has 4 nitrogen and oxygen atoms in total. The van der Waals surface area contributed by atoms with Gasteiger partial charge < -0.3 is 14.5 Å². The van der Waals surface area contributed by atoms with Gasteiger partial charge in [-0.15, -0.1) is 0 Å². The number of anilines is 2. The van der Waals surface area contributed by atoms with E-state index in [1.54, 1.807) is 0 Å². The Morgan fingerprint density at radius 3 is 2.59 bits per heavy atom. The molecule has 1 aromatic rings. The van der Waals surface area contributed by atoms with Gasteiger partial charge in [0.1, 0.15) is 11.4 Å². The first-order chi connectivity index (χ1) is 10.8. The molecular formula is C17H24ClN3O. The predicted molar refractivity (Wildman–Crippen MR) is 89.5 cm³/mol. The number of hydrogen-bond acceptors (Lipinski definition) is 4. The number of hydrogen-bond donors (Lipinski definition) is 0. The van der Waals surface area contributed by atoms with Crippen molar-refractivity contribution < 1.29 is 4.74 Å². The van der Waals surface area contributed by atoms with Crippen LogP contribution in [0.1, 0.15) is 51.4 Å². The van der Waals surface area contributed by atoms with Crippen molar-refractivity contribution >= 4 is 23.1 Å². The number of rotatable bonds is 2. The van der Waals surface area contributed by atoms with Crippen LogP contribution in [0.25, 0.3) is 0 Å². The van der Waals surface area contributed by atoms with Crippen LogP contribution in [0.3, 0.4) is 0 Å². The summed E-state index contributed by atoms with van der Waals surface area (Å²) in [5.74, 6) is 1.02. The Kier molecular flexibility index (Phi) is 4.14. The van der Waals surface area contributed by atoms with Crippen molar-refractivity contribution in [3.05, 3.63) is 17.3 Å². The Morgan fingerprint density at radius 1 is 1.00 bits per heavy atom. The number of pyridine rings is 1. The van der Waals surface area contributed by atoms with Crippen LogP contribution in [-0.4, -0.2) is 30.5 Å². The molecule has 3 aliphatic rings. The second-order valence-electron chi connectivity index (χ2n) is 6.67. The smallest absolute Gasteiger partial charge is 0.157 e. The quantitative estimate of drug-likeness (QED) is 0.764. The summed E-state index contributed by atoms with van der Waals surface area (Å²) in [6, 6.07) is 4.70. The summed E-state index contributed by atoms with van der Waals surface area (Å²) >= 11 is 6.16. The Labute approximate surface area is 137 Å². The summed E-state index contributed by atoms with van der Waals surface area (Å²) in [6.07, 6.45) is 10.3. The van der Waals surface area contributed by atoms with Crippen molar-refractivity contribution in [1.29, 1.82) is 0 Å². The van der Waals surface area contributed by atoms with Gasteiger partial charge in [0.05, 0.1) is 12.4 Å². The highest BCUT2D eigenvalue weighted by Crippen LogP contribution is 2.41. The largest absolute Gasteiger partial charge is 0.358 e. The van der Waals surface area contributed by atoms with Crippen LogP contribution in [0, 0.1) is 0 Å². The van der Waals surface area contributed by atoms with Gasteiger partial charge in [0.2, 0.25) is 0 Å². The molecule has 4 rings (SSSR count). The van der Waals surface area contributed by atoms with Crippen molar-refractivity contribution in [2.75, 3.05) is 23.1 Å². The zero-order valence-electron chi connectivity index (χ0n) is 13.0. The minimum absolute atomic E-state index is 0.159. The molecule has 3 heterocycles. The molecule has 2 fully saturated rings. The standard InChI is InChI=1S/C17H24ClN3O/c18-15-10-9-14-17(19-15)21(16-8-4-5-11-22-16)12-20(14)13-6-2-1-3-7-13/h9-10,13,16H,1-8,11-12H2. The minimum atomic E-state index is 0.159. The van der Waals surface area contributed by atoms with Crippen LogP contribution < -0.4 is 9.80 Å². The van der Waals surface area contributed by atoms with Crippen LogP contribution >= 0.6 is 11.6 Å². The van der Waals surface area contributed by atoms with Crippen LogP contribution in [0.4, 0.5) is 11.5 Å². The average molecular weight is 322 g/mol. The first kappa shape index (κ1) is 14.6. The highest BCUT2D eigenvalue weighted by atomic mass is 35.5. The van der Waals surface area contributed by atoms with Gasteiger partial charge in [-0.1, -0.05) is 30.9 Å². The van der Waals surface area contributed by atoms with Gasteiger partial charge in [-0.25, -0.2) is 4.98 Å². The van der Waals surface area contributed by atoms with E-state index < -0.39 is 0 Å². The number of nitrogens with zero attached hydrogens (tertiary/aromatic N) is 3. The van der Waals surface area contributed by atoms with Crippen molar-refractivity contribution in [3.63, 3.8) is 0 Å². The van der Waals surface area contributed by atoms with Gasteiger partial charge >= 0.3 is 0 Å². The first-order valence-corrected chi connectivity index (χ1v) is 9.02. The Hall–Kier alpha value is -1.00. The Morgan fingerprint density at radius 2 is 1.82 bits per heavy atom. The van der Waals surface area contributed by atoms with Crippen molar-refractivity contribution in [1.82, 2.24) is 4.98 Å². The lowest BCUT2D eigenvalue weighted by molar-refractivity contribution is 0.0147. The van der Waals surface area contributed by atoms with Gasteiger partial charge in [-0.3, -0.25) is 0 Å². The zero-order chi connectivity index (χ0) is 14.9. The van der Waals surface area contributed by atoms with Crippen LogP contribution in [-0.2, 0) is 4.74 Å². The maximum absolute atomic E-state index is 6.16. The van der Waals surface area contributed by atoms with E-state index in [0.29, 0.717) is 11.2 Å². The van der Waals surface area contributed by atoms with Gasteiger partial charge in [0, 0.05) is 12.6 Å². The monoisotopic (exact) mass is 321 g/mol. The summed E-state index contributed by atoms with van der Waals surface area (Å²) in [7, 11) is 0.